The number of nitrogens with one attached hydrogen (secondary N) is 1. The summed E-state index contributed by atoms with van der Waals surface area (Å²) in [5.41, 5.74) is 1.70. The minimum atomic E-state index is -0.348. The van der Waals surface area contributed by atoms with Crippen LogP contribution in [0.3, 0.4) is 0 Å². The lowest BCUT2D eigenvalue weighted by molar-refractivity contribution is -0.119. The maximum absolute atomic E-state index is 12.4. The number of benzene rings is 1. The van der Waals surface area contributed by atoms with E-state index < -0.39 is 0 Å². The van der Waals surface area contributed by atoms with E-state index in [2.05, 4.69) is 26.3 Å². The second-order valence-corrected chi connectivity index (χ2v) is 5.86. The summed E-state index contributed by atoms with van der Waals surface area (Å²) in [7, 11) is 0. The lowest BCUT2D eigenvalue weighted by Crippen LogP contribution is -2.26. The minimum Gasteiger partial charge on any atom is -0.324 e. The number of hydrogen-bond donors (Lipinski definition) is 1. The maximum atomic E-state index is 12.4. The molecule has 0 saturated heterocycles. The van der Waals surface area contributed by atoms with Crippen LogP contribution in [0.25, 0.3) is 0 Å². The van der Waals surface area contributed by atoms with E-state index in [9.17, 15) is 4.79 Å². The van der Waals surface area contributed by atoms with Crippen molar-refractivity contribution in [1.82, 2.24) is 9.78 Å². The van der Waals surface area contributed by atoms with Crippen molar-refractivity contribution >= 4 is 39.1 Å². The first-order valence-corrected chi connectivity index (χ1v) is 7.45. The predicted molar refractivity (Wildman–Crippen MR) is 84.1 cm³/mol. The third kappa shape index (κ3) is 3.41. The summed E-state index contributed by atoms with van der Waals surface area (Å²) in [6, 6.07) is 5.08. The summed E-state index contributed by atoms with van der Waals surface area (Å²) >= 11 is 9.29. The molecule has 4 nitrogen and oxygen atoms in total. The fourth-order valence-corrected chi connectivity index (χ4v) is 2.40. The van der Waals surface area contributed by atoms with Crippen LogP contribution < -0.4 is 5.32 Å². The van der Waals surface area contributed by atoms with Crippen molar-refractivity contribution in [2.45, 2.75) is 26.3 Å². The Hall–Kier alpha value is -1.33. The molecule has 1 heterocycles. The van der Waals surface area contributed by atoms with Crippen LogP contribution in [0.5, 0.6) is 0 Å². The molecule has 0 aliphatic rings. The van der Waals surface area contributed by atoms with E-state index in [0.717, 1.165) is 15.7 Å². The van der Waals surface area contributed by atoms with Gasteiger partial charge in [0.05, 0.1) is 10.7 Å². The quantitative estimate of drug-likeness (QED) is 0.892. The maximum Gasteiger partial charge on any atom is 0.249 e. The van der Waals surface area contributed by atoms with Gasteiger partial charge in [0.2, 0.25) is 5.91 Å². The summed E-state index contributed by atoms with van der Waals surface area (Å²) in [6.45, 7) is 3.88. The highest BCUT2D eigenvalue weighted by Gasteiger charge is 2.20. The zero-order chi connectivity index (χ0) is 14.7. The largest absolute Gasteiger partial charge is 0.324 e. The normalized spacial score (nSPS) is 12.2. The van der Waals surface area contributed by atoms with Crippen LogP contribution in [-0.4, -0.2) is 15.7 Å². The Morgan fingerprint density at radius 2 is 2.30 bits per heavy atom. The summed E-state index contributed by atoms with van der Waals surface area (Å²) in [5.74, 6) is -0.103. The van der Waals surface area contributed by atoms with Crippen LogP contribution in [0.1, 0.15) is 24.9 Å². The van der Waals surface area contributed by atoms with Gasteiger partial charge >= 0.3 is 0 Å². The van der Waals surface area contributed by atoms with E-state index in [-0.39, 0.29) is 11.9 Å². The van der Waals surface area contributed by atoms with Gasteiger partial charge in [0.25, 0.3) is 0 Å². The molecule has 20 heavy (non-hydrogen) atoms. The molecule has 0 aliphatic heterocycles. The SMILES string of the molecule is CCC(C(=O)Nc1cc(Cl)ccc1C)n1cc(Br)cn1. The zero-order valence-corrected chi connectivity index (χ0v) is 13.6. The third-order valence-electron chi connectivity index (χ3n) is 3.04. The Morgan fingerprint density at radius 1 is 1.55 bits per heavy atom. The molecule has 6 heteroatoms. The Morgan fingerprint density at radius 3 is 2.90 bits per heavy atom. The van der Waals surface area contributed by atoms with Crippen molar-refractivity contribution in [2.75, 3.05) is 5.32 Å². The topological polar surface area (TPSA) is 46.9 Å². The number of carbonyl (C=O) groups excluding carboxylic acids is 1. The lowest BCUT2D eigenvalue weighted by atomic mass is 10.1. The van der Waals surface area contributed by atoms with Gasteiger partial charge in [-0.1, -0.05) is 24.6 Å². The molecular weight excluding hydrogens is 342 g/mol. The molecule has 106 valence electrons. The molecule has 0 bridgehead atoms. The molecule has 1 unspecified atom stereocenters. The van der Waals surface area contributed by atoms with Gasteiger partial charge in [-0.3, -0.25) is 9.48 Å². The third-order valence-corrected chi connectivity index (χ3v) is 3.68. The highest BCUT2D eigenvalue weighted by molar-refractivity contribution is 9.10. The number of anilines is 1. The van der Waals surface area contributed by atoms with Gasteiger partial charge in [-0.05, 0) is 47.0 Å². The lowest BCUT2D eigenvalue weighted by Gasteiger charge is -2.16. The van der Waals surface area contributed by atoms with E-state index in [1.54, 1.807) is 29.2 Å². The van der Waals surface area contributed by atoms with E-state index >= 15 is 0 Å². The van der Waals surface area contributed by atoms with E-state index in [0.29, 0.717) is 11.4 Å². The number of rotatable bonds is 4. The second kappa shape index (κ2) is 6.41. The van der Waals surface area contributed by atoms with Gasteiger partial charge in [0.15, 0.2) is 0 Å². The monoisotopic (exact) mass is 355 g/mol. The molecular formula is C14H15BrClN3O. The van der Waals surface area contributed by atoms with Gasteiger partial charge in [-0.15, -0.1) is 0 Å². The molecule has 1 amide bonds. The molecule has 0 spiro atoms. The van der Waals surface area contributed by atoms with Crippen LogP contribution in [0.4, 0.5) is 5.69 Å². The Bertz CT molecular complexity index is 627. The summed E-state index contributed by atoms with van der Waals surface area (Å²) < 4.78 is 2.50. The Kier molecular flexibility index (Phi) is 4.83. The number of carbonyl (C=O) groups is 1. The summed E-state index contributed by atoms with van der Waals surface area (Å²) in [6.07, 6.45) is 4.11. The molecule has 0 radical (unpaired) electrons. The molecule has 1 N–H and O–H groups in total. The molecule has 0 saturated carbocycles. The van der Waals surface area contributed by atoms with E-state index in [1.807, 2.05) is 19.9 Å². The molecule has 2 aromatic rings. The van der Waals surface area contributed by atoms with Gasteiger partial charge in [-0.2, -0.15) is 5.10 Å². The number of nitrogens with zero attached hydrogens (tertiary/aromatic N) is 2. The Labute approximate surface area is 131 Å². The zero-order valence-electron chi connectivity index (χ0n) is 11.2. The van der Waals surface area contributed by atoms with Crippen molar-refractivity contribution in [3.8, 4) is 0 Å². The number of aromatic nitrogens is 2. The average Bonchev–Trinajstić information content (AvgIpc) is 2.81. The highest BCUT2D eigenvalue weighted by Crippen LogP contribution is 2.22. The summed E-state index contributed by atoms with van der Waals surface area (Å²) in [5, 5.41) is 7.68. The molecule has 0 fully saturated rings. The van der Waals surface area contributed by atoms with Crippen LogP contribution in [-0.2, 0) is 4.79 Å². The fraction of sp³-hybridized carbons (Fsp3) is 0.286. The molecule has 2 rings (SSSR count). The number of halogens is 2. The number of hydrogen-bond acceptors (Lipinski definition) is 2. The first-order valence-electron chi connectivity index (χ1n) is 6.28. The van der Waals surface area contributed by atoms with Crippen molar-refractivity contribution in [3.63, 3.8) is 0 Å². The molecule has 1 aromatic heterocycles. The van der Waals surface area contributed by atoms with Crippen molar-refractivity contribution in [3.05, 3.63) is 45.7 Å². The number of aryl methyl sites for hydroxylation is 1. The molecule has 1 aromatic carbocycles. The average molecular weight is 357 g/mol. The van der Waals surface area contributed by atoms with E-state index in [4.69, 9.17) is 11.6 Å². The second-order valence-electron chi connectivity index (χ2n) is 4.51. The summed E-state index contributed by atoms with van der Waals surface area (Å²) in [4.78, 5) is 12.4. The van der Waals surface area contributed by atoms with Gasteiger partial charge < -0.3 is 5.32 Å². The van der Waals surface area contributed by atoms with Crippen LogP contribution in [0, 0.1) is 6.92 Å². The van der Waals surface area contributed by atoms with Gasteiger partial charge in [0, 0.05) is 16.9 Å². The first-order chi connectivity index (χ1) is 9.51. The van der Waals surface area contributed by atoms with Crippen molar-refractivity contribution in [1.29, 1.82) is 0 Å². The van der Waals surface area contributed by atoms with Gasteiger partial charge in [0.1, 0.15) is 6.04 Å². The van der Waals surface area contributed by atoms with Crippen LogP contribution in [0.2, 0.25) is 5.02 Å². The standard InChI is InChI=1S/C14H15BrClN3O/c1-3-13(19-8-10(15)7-17-19)14(20)18-12-6-11(16)5-4-9(12)2/h4-8,13H,3H2,1-2H3,(H,18,20). The van der Waals surface area contributed by atoms with Gasteiger partial charge in [-0.25, -0.2) is 0 Å². The Balaban J connectivity index is 2.19. The minimum absolute atomic E-state index is 0.103. The predicted octanol–water partition coefficient (Wildman–Crippen LogP) is 4.20. The number of amides is 1. The smallest absolute Gasteiger partial charge is 0.249 e. The molecule has 1 atom stereocenters. The van der Waals surface area contributed by atoms with Crippen molar-refractivity contribution < 1.29 is 4.79 Å². The first kappa shape index (κ1) is 15.1. The van der Waals surface area contributed by atoms with Crippen molar-refractivity contribution in [2.24, 2.45) is 0 Å². The van der Waals surface area contributed by atoms with Crippen LogP contribution in [0.15, 0.2) is 35.1 Å². The highest BCUT2D eigenvalue weighted by atomic mass is 79.9. The molecule has 0 aliphatic carbocycles. The fourth-order valence-electron chi connectivity index (χ4n) is 1.92. The van der Waals surface area contributed by atoms with E-state index in [1.165, 1.54) is 0 Å². The van der Waals surface area contributed by atoms with Crippen LogP contribution >= 0.6 is 27.5 Å².